The van der Waals surface area contributed by atoms with Gasteiger partial charge in [-0.25, -0.2) is 9.59 Å². The van der Waals surface area contributed by atoms with Crippen LogP contribution >= 0.6 is 0 Å². The molecule has 1 aromatic rings. The summed E-state index contributed by atoms with van der Waals surface area (Å²) in [4.78, 5) is 40.6. The Labute approximate surface area is 143 Å². The van der Waals surface area contributed by atoms with E-state index < -0.39 is 23.9 Å². The highest BCUT2D eigenvalue weighted by Gasteiger charge is 2.12. The lowest BCUT2D eigenvalue weighted by Gasteiger charge is -1.98. The van der Waals surface area contributed by atoms with Crippen molar-refractivity contribution in [1.29, 1.82) is 0 Å². The second kappa shape index (κ2) is 12.6. The zero-order valence-corrected chi connectivity index (χ0v) is 13.6. The molecule has 0 unspecified atom stereocenters. The largest absolute Gasteiger partial charge is 0.481 e. The highest BCUT2D eigenvalue weighted by molar-refractivity contribution is 5.88. The van der Waals surface area contributed by atoms with E-state index in [9.17, 15) is 19.2 Å². The molecule has 1 rings (SSSR count). The molecule has 9 nitrogen and oxygen atoms in total. The third-order valence-electron chi connectivity index (χ3n) is 3.06. The minimum Gasteiger partial charge on any atom is -0.481 e. The average molecular weight is 358 g/mol. The van der Waals surface area contributed by atoms with Crippen molar-refractivity contribution in [3.05, 3.63) is 23.7 Å². The van der Waals surface area contributed by atoms with Crippen molar-refractivity contribution in [3.8, 4) is 0 Å². The van der Waals surface area contributed by atoms with Crippen LogP contribution in [0.2, 0.25) is 0 Å². The van der Waals surface area contributed by atoms with E-state index in [-0.39, 0.29) is 24.4 Å². The SMILES string of the molecule is O=C(O)CCCCCCCCC(=O)O.O=C(O)c1ccc(C(=O)O)o1. The number of carboxylic acids is 4. The molecule has 0 aliphatic rings. The molecule has 0 aliphatic heterocycles. The molecule has 1 aromatic heterocycles. The molecule has 0 radical (unpaired) electrons. The summed E-state index contributed by atoms with van der Waals surface area (Å²) in [5.74, 6) is -4.79. The van der Waals surface area contributed by atoms with Gasteiger partial charge in [-0.1, -0.05) is 25.7 Å². The van der Waals surface area contributed by atoms with Crippen LogP contribution in [0.4, 0.5) is 0 Å². The second-order valence-electron chi connectivity index (χ2n) is 5.18. The Morgan fingerprint density at radius 3 is 1.20 bits per heavy atom. The van der Waals surface area contributed by atoms with Crippen LogP contribution in [0.1, 0.15) is 72.5 Å². The normalized spacial score (nSPS) is 9.76. The summed E-state index contributed by atoms with van der Waals surface area (Å²) < 4.78 is 4.41. The Kier molecular flexibility index (Phi) is 11.1. The van der Waals surface area contributed by atoms with Crippen molar-refractivity contribution in [3.63, 3.8) is 0 Å². The molecule has 1 heterocycles. The zero-order chi connectivity index (χ0) is 19.2. The molecule has 0 saturated heterocycles. The second-order valence-corrected chi connectivity index (χ2v) is 5.18. The topological polar surface area (TPSA) is 162 Å². The van der Waals surface area contributed by atoms with Crippen molar-refractivity contribution in [2.45, 2.75) is 51.4 Å². The van der Waals surface area contributed by atoms with Crippen LogP contribution in [-0.2, 0) is 9.59 Å². The molecule has 4 N–H and O–H groups in total. The first-order chi connectivity index (χ1) is 11.7. The minimum atomic E-state index is -1.28. The summed E-state index contributed by atoms with van der Waals surface area (Å²) in [7, 11) is 0. The van der Waals surface area contributed by atoms with Gasteiger partial charge in [-0.3, -0.25) is 9.59 Å². The first kappa shape index (κ1) is 22.2. The third kappa shape index (κ3) is 12.3. The van der Waals surface area contributed by atoms with Gasteiger partial charge in [-0.2, -0.15) is 0 Å². The molecule has 0 saturated carbocycles. The van der Waals surface area contributed by atoms with Crippen molar-refractivity contribution >= 4 is 23.9 Å². The maximum Gasteiger partial charge on any atom is 0.371 e. The number of furan rings is 1. The van der Waals surface area contributed by atoms with Crippen LogP contribution < -0.4 is 0 Å². The molecular weight excluding hydrogens is 336 g/mol. The molecule has 0 amide bonds. The van der Waals surface area contributed by atoms with Gasteiger partial charge in [0.2, 0.25) is 11.5 Å². The van der Waals surface area contributed by atoms with Gasteiger partial charge >= 0.3 is 23.9 Å². The van der Waals surface area contributed by atoms with Gasteiger partial charge in [-0.15, -0.1) is 0 Å². The predicted octanol–water partition coefficient (Wildman–Crippen LogP) is 2.95. The van der Waals surface area contributed by atoms with E-state index in [1.54, 1.807) is 0 Å². The standard InChI is InChI=1S/C10H18O4.C6H4O5/c11-9(12)7-5-3-1-2-4-6-8-10(13)14;7-5(8)3-1-2-4(11-3)6(9)10/h1-8H2,(H,11,12)(H,13,14);1-2H,(H,7,8)(H,9,10). The van der Waals surface area contributed by atoms with Gasteiger partial charge in [-0.05, 0) is 25.0 Å². The number of aromatic carboxylic acids is 2. The van der Waals surface area contributed by atoms with Crippen LogP contribution in [0.15, 0.2) is 16.5 Å². The number of carbonyl (C=O) groups is 4. The number of hydrogen-bond donors (Lipinski definition) is 4. The molecule has 0 aliphatic carbocycles. The highest BCUT2D eigenvalue weighted by atomic mass is 16.4. The van der Waals surface area contributed by atoms with Crippen LogP contribution in [-0.4, -0.2) is 44.3 Å². The Hall–Kier alpha value is -2.84. The summed E-state index contributed by atoms with van der Waals surface area (Å²) in [6, 6.07) is 2.18. The number of unbranched alkanes of at least 4 members (excludes halogenated alkanes) is 5. The van der Waals surface area contributed by atoms with Gasteiger partial charge in [0.05, 0.1) is 0 Å². The van der Waals surface area contributed by atoms with Crippen molar-refractivity contribution < 1.29 is 44.0 Å². The summed E-state index contributed by atoms with van der Waals surface area (Å²) in [5.41, 5.74) is 0. The number of rotatable bonds is 11. The van der Waals surface area contributed by atoms with Gasteiger partial charge in [0.15, 0.2) is 0 Å². The Balaban J connectivity index is 0.000000472. The molecule has 0 aromatic carbocycles. The third-order valence-corrected chi connectivity index (χ3v) is 3.06. The zero-order valence-electron chi connectivity index (χ0n) is 13.6. The van der Waals surface area contributed by atoms with Crippen molar-refractivity contribution in [1.82, 2.24) is 0 Å². The van der Waals surface area contributed by atoms with Gasteiger partial charge in [0.1, 0.15) is 0 Å². The van der Waals surface area contributed by atoms with Gasteiger partial charge in [0.25, 0.3) is 0 Å². The Bertz CT molecular complexity index is 525. The van der Waals surface area contributed by atoms with Gasteiger partial charge in [0, 0.05) is 12.8 Å². The molecule has 9 heteroatoms. The molecular formula is C16H22O9. The van der Waals surface area contributed by atoms with E-state index in [2.05, 4.69) is 4.42 Å². The minimum absolute atomic E-state index is 0.245. The fourth-order valence-corrected chi connectivity index (χ4v) is 1.83. The highest BCUT2D eigenvalue weighted by Crippen LogP contribution is 2.08. The van der Waals surface area contributed by atoms with Crippen LogP contribution in [0.5, 0.6) is 0 Å². The van der Waals surface area contributed by atoms with E-state index in [0.717, 1.165) is 50.7 Å². The lowest BCUT2D eigenvalue weighted by atomic mass is 10.1. The molecule has 140 valence electrons. The van der Waals surface area contributed by atoms with Crippen molar-refractivity contribution in [2.75, 3.05) is 0 Å². The van der Waals surface area contributed by atoms with Crippen molar-refractivity contribution in [2.24, 2.45) is 0 Å². The van der Waals surface area contributed by atoms with E-state index >= 15 is 0 Å². The Morgan fingerprint density at radius 1 is 0.640 bits per heavy atom. The fourth-order valence-electron chi connectivity index (χ4n) is 1.83. The number of hydrogen-bond acceptors (Lipinski definition) is 5. The lowest BCUT2D eigenvalue weighted by molar-refractivity contribution is -0.138. The predicted molar refractivity (Wildman–Crippen MR) is 84.8 cm³/mol. The molecule has 0 atom stereocenters. The molecule has 25 heavy (non-hydrogen) atoms. The van der Waals surface area contributed by atoms with E-state index in [1.165, 1.54) is 0 Å². The van der Waals surface area contributed by atoms with E-state index in [1.807, 2.05) is 0 Å². The van der Waals surface area contributed by atoms with E-state index in [0.29, 0.717) is 0 Å². The quantitative estimate of drug-likeness (QED) is 0.435. The molecule has 0 bridgehead atoms. The first-order valence-electron chi connectivity index (χ1n) is 7.74. The Morgan fingerprint density at radius 2 is 0.960 bits per heavy atom. The van der Waals surface area contributed by atoms with Crippen LogP contribution in [0.3, 0.4) is 0 Å². The summed E-state index contributed by atoms with van der Waals surface area (Å²) in [6.07, 6.45) is 5.82. The van der Waals surface area contributed by atoms with Gasteiger partial charge < -0.3 is 24.8 Å². The maximum atomic E-state index is 10.2. The average Bonchev–Trinajstić information content (AvgIpc) is 3.00. The summed E-state index contributed by atoms with van der Waals surface area (Å²) in [5, 5.41) is 33.3. The van der Waals surface area contributed by atoms with Crippen LogP contribution in [0.25, 0.3) is 0 Å². The monoisotopic (exact) mass is 358 g/mol. The van der Waals surface area contributed by atoms with E-state index in [4.69, 9.17) is 20.4 Å². The lowest BCUT2D eigenvalue weighted by Crippen LogP contribution is -1.94. The number of aliphatic carboxylic acids is 2. The smallest absolute Gasteiger partial charge is 0.371 e. The maximum absolute atomic E-state index is 10.2. The first-order valence-corrected chi connectivity index (χ1v) is 7.74. The molecule has 0 fully saturated rings. The summed E-state index contributed by atoms with van der Waals surface area (Å²) in [6.45, 7) is 0. The fraction of sp³-hybridized carbons (Fsp3) is 0.500. The van der Waals surface area contributed by atoms with Crippen LogP contribution in [0, 0.1) is 0 Å². The summed E-state index contributed by atoms with van der Waals surface area (Å²) >= 11 is 0. The number of carboxylic acid groups (broad SMARTS) is 4. The molecule has 0 spiro atoms.